The number of alkyl halides is 5. The summed E-state index contributed by atoms with van der Waals surface area (Å²) in [6, 6.07) is 16.9. The molecule has 0 aliphatic rings. The molecule has 38 heavy (non-hydrogen) atoms. The lowest BCUT2D eigenvalue weighted by Crippen LogP contribution is -2.27. The van der Waals surface area contributed by atoms with Gasteiger partial charge < -0.3 is 4.90 Å². The number of carbonyl (C=O) groups excluding carboxylic acids is 1. The van der Waals surface area contributed by atoms with Gasteiger partial charge in [0.05, 0.1) is 11.9 Å². The molecule has 1 amide bonds. The highest BCUT2D eigenvalue weighted by atomic mass is 35.5. The van der Waals surface area contributed by atoms with Crippen LogP contribution < -0.4 is 10.3 Å². The predicted molar refractivity (Wildman–Crippen MR) is 145 cm³/mol. The van der Waals surface area contributed by atoms with Crippen LogP contribution in [0.15, 0.2) is 71.1 Å². The number of aromatic nitrogens is 3. The molecule has 0 aliphatic carbocycles. The normalized spacial score (nSPS) is 11.7. The molecule has 0 bridgehead atoms. The number of amides is 1. The van der Waals surface area contributed by atoms with Gasteiger partial charge in [-0.3, -0.25) is 4.79 Å². The van der Waals surface area contributed by atoms with Crippen molar-refractivity contribution in [2.24, 2.45) is 5.10 Å². The zero-order chi connectivity index (χ0) is 27.1. The number of carbonyl (C=O) groups is 1. The summed E-state index contributed by atoms with van der Waals surface area (Å²) in [6.45, 7) is 1.31. The molecule has 0 atom stereocenters. The lowest BCUT2D eigenvalue weighted by atomic mass is 10.1. The Labute approximate surface area is 230 Å². The molecule has 0 aliphatic heterocycles. The maximum atomic E-state index is 13.7. The van der Waals surface area contributed by atoms with Gasteiger partial charge in [0, 0.05) is 41.5 Å². The van der Waals surface area contributed by atoms with Crippen molar-refractivity contribution in [1.82, 2.24) is 20.2 Å². The fraction of sp³-hybridized carbons (Fsp3) is 0.200. The standard InChI is InChI=1S/C25H21Cl2F3N6OS/c26-10-12-35(13-11-27)19-8-6-17(7-9-19)15-31-33-23(37)21-16-38-24(32-21)36-22(25(28,29)30)14-20(34-36)18-4-2-1-3-5-18/h1-9,14-16H,10-13H2,(H,33,37)/b31-15-. The van der Waals surface area contributed by atoms with Crippen molar-refractivity contribution in [2.45, 2.75) is 6.18 Å². The van der Waals surface area contributed by atoms with Crippen LogP contribution in [0.25, 0.3) is 16.4 Å². The highest BCUT2D eigenvalue weighted by Gasteiger charge is 2.37. The van der Waals surface area contributed by atoms with E-state index in [1.54, 1.807) is 30.3 Å². The third-order valence-electron chi connectivity index (χ3n) is 5.32. The number of thiazole rings is 1. The lowest BCUT2D eigenvalue weighted by Gasteiger charge is -2.22. The van der Waals surface area contributed by atoms with Crippen LogP contribution in [0.2, 0.25) is 0 Å². The summed E-state index contributed by atoms with van der Waals surface area (Å²) in [7, 11) is 0. The van der Waals surface area contributed by atoms with Gasteiger partial charge in [0.25, 0.3) is 5.91 Å². The number of hydrazone groups is 1. The minimum absolute atomic E-state index is 0.0832. The Bertz CT molecular complexity index is 1380. The molecular weight excluding hydrogens is 560 g/mol. The van der Waals surface area contributed by atoms with Crippen LogP contribution in [-0.2, 0) is 6.18 Å². The maximum Gasteiger partial charge on any atom is 0.433 e. The Hall–Kier alpha value is -3.41. The van der Waals surface area contributed by atoms with Crippen molar-refractivity contribution < 1.29 is 18.0 Å². The van der Waals surface area contributed by atoms with Gasteiger partial charge in [0.15, 0.2) is 5.69 Å². The molecule has 0 unspecified atom stereocenters. The molecule has 4 aromatic rings. The summed E-state index contributed by atoms with van der Waals surface area (Å²) in [5, 5.41) is 9.28. The number of nitrogens with one attached hydrogen (secondary N) is 1. The summed E-state index contributed by atoms with van der Waals surface area (Å²) in [5.74, 6) is 0.271. The van der Waals surface area contributed by atoms with Gasteiger partial charge >= 0.3 is 6.18 Å². The number of hydrogen-bond acceptors (Lipinski definition) is 6. The molecule has 0 saturated heterocycles. The van der Waals surface area contributed by atoms with E-state index in [1.807, 2.05) is 24.3 Å². The van der Waals surface area contributed by atoms with Gasteiger partial charge in [-0.2, -0.15) is 23.4 Å². The highest BCUT2D eigenvalue weighted by Crippen LogP contribution is 2.34. The van der Waals surface area contributed by atoms with Crippen LogP contribution in [0.5, 0.6) is 0 Å². The van der Waals surface area contributed by atoms with E-state index in [9.17, 15) is 18.0 Å². The van der Waals surface area contributed by atoms with E-state index in [1.165, 1.54) is 11.6 Å². The number of benzene rings is 2. The molecule has 198 valence electrons. The number of nitrogens with zero attached hydrogens (tertiary/aromatic N) is 5. The third-order valence-corrected chi connectivity index (χ3v) is 6.48. The van der Waals surface area contributed by atoms with Crippen molar-refractivity contribution in [3.63, 3.8) is 0 Å². The van der Waals surface area contributed by atoms with Crippen LogP contribution in [0.1, 0.15) is 21.7 Å². The fourth-order valence-corrected chi connectivity index (χ4v) is 4.69. The van der Waals surface area contributed by atoms with Crippen LogP contribution in [0.3, 0.4) is 0 Å². The minimum atomic E-state index is -4.67. The van der Waals surface area contributed by atoms with Gasteiger partial charge in [-0.05, 0) is 23.8 Å². The first-order valence-electron chi connectivity index (χ1n) is 11.3. The van der Waals surface area contributed by atoms with Crippen molar-refractivity contribution in [2.75, 3.05) is 29.7 Å². The molecule has 0 radical (unpaired) electrons. The second-order valence-corrected chi connectivity index (χ2v) is 9.45. The molecule has 1 N–H and O–H groups in total. The summed E-state index contributed by atoms with van der Waals surface area (Å²) < 4.78 is 41.8. The molecule has 4 rings (SSSR count). The minimum Gasteiger partial charge on any atom is -0.369 e. The summed E-state index contributed by atoms with van der Waals surface area (Å²) in [6.07, 6.45) is -3.22. The Balaban J connectivity index is 1.46. The van der Waals surface area contributed by atoms with Crippen molar-refractivity contribution in [3.05, 3.63) is 83.0 Å². The Morgan fingerprint density at radius 2 is 1.76 bits per heavy atom. The summed E-state index contributed by atoms with van der Waals surface area (Å²) in [4.78, 5) is 18.6. The van der Waals surface area contributed by atoms with Gasteiger partial charge in [0.1, 0.15) is 5.69 Å². The molecule has 0 saturated carbocycles. The average Bonchev–Trinajstić information content (AvgIpc) is 3.58. The zero-order valence-corrected chi connectivity index (χ0v) is 22.0. The van der Waals surface area contributed by atoms with E-state index in [0.717, 1.165) is 28.7 Å². The Kier molecular flexibility index (Phi) is 9.03. The number of hydrogen-bond donors (Lipinski definition) is 1. The molecule has 2 heterocycles. The van der Waals surface area contributed by atoms with E-state index in [4.69, 9.17) is 23.2 Å². The highest BCUT2D eigenvalue weighted by molar-refractivity contribution is 7.12. The van der Waals surface area contributed by atoms with E-state index in [-0.39, 0.29) is 16.5 Å². The van der Waals surface area contributed by atoms with E-state index < -0.39 is 17.8 Å². The van der Waals surface area contributed by atoms with Crippen molar-refractivity contribution >= 4 is 52.3 Å². The second-order valence-electron chi connectivity index (χ2n) is 7.86. The molecule has 2 aromatic carbocycles. The first kappa shape index (κ1) is 27.6. The fourth-order valence-electron chi connectivity index (χ4n) is 3.51. The van der Waals surface area contributed by atoms with Crippen LogP contribution in [0.4, 0.5) is 18.9 Å². The summed E-state index contributed by atoms with van der Waals surface area (Å²) in [5.41, 5.74) is 3.62. The molecule has 7 nitrogen and oxygen atoms in total. The first-order valence-corrected chi connectivity index (χ1v) is 13.2. The number of anilines is 1. The SMILES string of the molecule is O=C(N/N=C\c1ccc(N(CCCl)CCCl)cc1)c1csc(-n2nc(-c3ccccc3)cc2C(F)(F)F)n1. The molecule has 0 fully saturated rings. The topological polar surface area (TPSA) is 75.4 Å². The van der Waals surface area contributed by atoms with Crippen LogP contribution in [0, 0.1) is 0 Å². The molecule has 2 aromatic heterocycles. The van der Waals surface area contributed by atoms with Gasteiger partial charge in [-0.1, -0.05) is 42.5 Å². The average molecular weight is 581 g/mol. The molecular formula is C25H21Cl2F3N6OS. The Morgan fingerprint density at radius 1 is 1.08 bits per heavy atom. The number of rotatable bonds is 10. The van der Waals surface area contributed by atoms with Crippen molar-refractivity contribution in [3.8, 4) is 16.4 Å². The number of halogens is 5. The predicted octanol–water partition coefficient (Wildman–Crippen LogP) is 6.06. The monoisotopic (exact) mass is 580 g/mol. The first-order chi connectivity index (χ1) is 18.3. The largest absolute Gasteiger partial charge is 0.433 e. The van der Waals surface area contributed by atoms with E-state index >= 15 is 0 Å². The van der Waals surface area contributed by atoms with E-state index in [0.29, 0.717) is 35.1 Å². The van der Waals surface area contributed by atoms with Gasteiger partial charge in [-0.15, -0.1) is 34.5 Å². The van der Waals surface area contributed by atoms with Gasteiger partial charge in [0.2, 0.25) is 5.13 Å². The maximum absolute atomic E-state index is 13.7. The van der Waals surface area contributed by atoms with Crippen LogP contribution in [-0.4, -0.2) is 51.7 Å². The van der Waals surface area contributed by atoms with E-state index in [2.05, 4.69) is 25.5 Å². The molecule has 0 spiro atoms. The zero-order valence-electron chi connectivity index (χ0n) is 19.7. The summed E-state index contributed by atoms with van der Waals surface area (Å²) >= 11 is 12.6. The van der Waals surface area contributed by atoms with Crippen LogP contribution >= 0.6 is 34.5 Å². The smallest absolute Gasteiger partial charge is 0.369 e. The Morgan fingerprint density at radius 3 is 2.39 bits per heavy atom. The molecule has 13 heteroatoms. The van der Waals surface area contributed by atoms with Gasteiger partial charge in [-0.25, -0.2) is 15.1 Å². The third kappa shape index (κ3) is 6.72. The lowest BCUT2D eigenvalue weighted by molar-refractivity contribution is -0.142. The second kappa shape index (κ2) is 12.4. The van der Waals surface area contributed by atoms with Crippen molar-refractivity contribution in [1.29, 1.82) is 0 Å². The quantitative estimate of drug-likeness (QED) is 0.140.